The highest BCUT2D eigenvalue weighted by Gasteiger charge is 2.09. The van der Waals surface area contributed by atoms with Crippen LogP contribution in [-0.4, -0.2) is 0 Å². The lowest BCUT2D eigenvalue weighted by atomic mass is 9.98. The number of benzene rings is 1. The third-order valence-corrected chi connectivity index (χ3v) is 2.72. The Kier molecular flexibility index (Phi) is 1.76. The Labute approximate surface area is 73.9 Å². The van der Waals surface area contributed by atoms with Gasteiger partial charge in [-0.15, -0.1) is 0 Å². The highest BCUT2D eigenvalue weighted by Crippen LogP contribution is 2.25. The Balaban J connectivity index is 2.60. The van der Waals surface area contributed by atoms with Crippen molar-refractivity contribution >= 4 is 6.08 Å². The zero-order valence-electron chi connectivity index (χ0n) is 7.72. The van der Waals surface area contributed by atoms with Crippen LogP contribution in [0.1, 0.15) is 29.2 Å². The summed E-state index contributed by atoms with van der Waals surface area (Å²) in [6, 6.07) is 4.53. The van der Waals surface area contributed by atoms with E-state index in [-0.39, 0.29) is 0 Å². The largest absolute Gasteiger partial charge is 0.0795 e. The van der Waals surface area contributed by atoms with E-state index in [0.29, 0.717) is 0 Å². The summed E-state index contributed by atoms with van der Waals surface area (Å²) in [5, 5.41) is 0. The highest BCUT2D eigenvalue weighted by atomic mass is 14.1. The van der Waals surface area contributed by atoms with E-state index in [1.807, 2.05) is 0 Å². The molecule has 0 aliphatic heterocycles. The maximum atomic E-state index is 2.27. The van der Waals surface area contributed by atoms with E-state index in [4.69, 9.17) is 0 Å². The molecule has 12 heavy (non-hydrogen) atoms. The summed E-state index contributed by atoms with van der Waals surface area (Å²) >= 11 is 0. The first-order valence-corrected chi connectivity index (χ1v) is 4.61. The van der Waals surface area contributed by atoms with Crippen molar-refractivity contribution in [2.45, 2.75) is 26.7 Å². The summed E-state index contributed by atoms with van der Waals surface area (Å²) in [4.78, 5) is 0. The van der Waals surface area contributed by atoms with E-state index in [1.165, 1.54) is 22.3 Å². The average Bonchev–Trinajstić information content (AvgIpc) is 2.53. The van der Waals surface area contributed by atoms with Gasteiger partial charge in [-0.3, -0.25) is 0 Å². The van der Waals surface area contributed by atoms with Gasteiger partial charge in [0, 0.05) is 0 Å². The summed E-state index contributed by atoms with van der Waals surface area (Å²) in [6.07, 6.45) is 6.77. The molecule has 0 amide bonds. The van der Waals surface area contributed by atoms with Gasteiger partial charge >= 0.3 is 0 Å². The number of fused-ring (bicyclic) bond motifs is 1. The highest BCUT2D eigenvalue weighted by molar-refractivity contribution is 5.64. The third kappa shape index (κ3) is 0.989. The summed E-state index contributed by atoms with van der Waals surface area (Å²) in [5.41, 5.74) is 5.92. The number of hydrogen-bond acceptors (Lipinski definition) is 0. The lowest BCUT2D eigenvalue weighted by Crippen LogP contribution is -1.92. The minimum absolute atomic E-state index is 1.13. The van der Waals surface area contributed by atoms with Crippen LogP contribution < -0.4 is 0 Å². The second-order valence-electron chi connectivity index (χ2n) is 3.38. The molecule has 0 aromatic heterocycles. The van der Waals surface area contributed by atoms with Crippen molar-refractivity contribution in [3.63, 3.8) is 0 Å². The van der Waals surface area contributed by atoms with Crippen molar-refractivity contribution in [3.8, 4) is 0 Å². The lowest BCUT2D eigenvalue weighted by Gasteiger charge is -2.07. The number of hydrogen-bond donors (Lipinski definition) is 0. The first kappa shape index (κ1) is 7.60. The molecule has 0 heterocycles. The molecule has 1 aromatic carbocycles. The first-order chi connectivity index (χ1) is 5.83. The van der Waals surface area contributed by atoms with Crippen LogP contribution in [-0.2, 0) is 12.8 Å². The van der Waals surface area contributed by atoms with E-state index in [2.05, 4.69) is 38.1 Å². The fraction of sp³-hybridized carbons (Fsp3) is 0.333. The van der Waals surface area contributed by atoms with Gasteiger partial charge in [0.05, 0.1) is 0 Å². The SMILES string of the molecule is CCc1ccc2c(c1C)C=CC2. The third-order valence-electron chi connectivity index (χ3n) is 2.72. The van der Waals surface area contributed by atoms with Crippen molar-refractivity contribution in [2.24, 2.45) is 0 Å². The van der Waals surface area contributed by atoms with Crippen LogP contribution in [0.2, 0.25) is 0 Å². The van der Waals surface area contributed by atoms with E-state index >= 15 is 0 Å². The van der Waals surface area contributed by atoms with Crippen molar-refractivity contribution < 1.29 is 0 Å². The molecule has 0 unspecified atom stereocenters. The number of aryl methyl sites for hydroxylation is 1. The second kappa shape index (κ2) is 2.78. The van der Waals surface area contributed by atoms with E-state index in [1.54, 1.807) is 0 Å². The zero-order valence-corrected chi connectivity index (χ0v) is 7.72. The predicted octanol–water partition coefficient (Wildman–Crippen LogP) is 3.13. The summed E-state index contributed by atoms with van der Waals surface area (Å²) in [7, 11) is 0. The van der Waals surface area contributed by atoms with Crippen molar-refractivity contribution in [1.29, 1.82) is 0 Å². The number of allylic oxidation sites excluding steroid dienone is 1. The molecule has 2 rings (SSSR count). The molecule has 1 aliphatic rings. The Morgan fingerprint density at radius 1 is 1.33 bits per heavy atom. The topological polar surface area (TPSA) is 0 Å². The minimum atomic E-state index is 1.13. The van der Waals surface area contributed by atoms with Crippen LogP contribution in [0.5, 0.6) is 0 Å². The molecular weight excluding hydrogens is 144 g/mol. The van der Waals surface area contributed by atoms with Crippen molar-refractivity contribution in [3.05, 3.63) is 40.5 Å². The molecule has 0 spiro atoms. The van der Waals surface area contributed by atoms with Crippen LogP contribution in [0.3, 0.4) is 0 Å². The van der Waals surface area contributed by atoms with Crippen molar-refractivity contribution in [1.82, 2.24) is 0 Å². The van der Waals surface area contributed by atoms with Gasteiger partial charge in [-0.2, -0.15) is 0 Å². The van der Waals surface area contributed by atoms with Crippen LogP contribution in [0.15, 0.2) is 18.2 Å². The predicted molar refractivity (Wildman–Crippen MR) is 53.3 cm³/mol. The molecule has 0 saturated carbocycles. The Morgan fingerprint density at radius 2 is 2.17 bits per heavy atom. The molecule has 0 radical (unpaired) electrons. The normalized spacial score (nSPS) is 13.5. The van der Waals surface area contributed by atoms with Crippen LogP contribution in [0.25, 0.3) is 6.08 Å². The quantitative estimate of drug-likeness (QED) is 0.589. The maximum absolute atomic E-state index is 2.27. The molecule has 0 bridgehead atoms. The molecule has 0 heteroatoms. The molecule has 0 atom stereocenters. The molecule has 62 valence electrons. The Hall–Kier alpha value is -1.04. The summed E-state index contributed by atoms with van der Waals surface area (Å²) in [6.45, 7) is 4.45. The van der Waals surface area contributed by atoms with Crippen LogP contribution >= 0.6 is 0 Å². The first-order valence-electron chi connectivity index (χ1n) is 4.61. The van der Waals surface area contributed by atoms with E-state index < -0.39 is 0 Å². The van der Waals surface area contributed by atoms with Gasteiger partial charge in [-0.25, -0.2) is 0 Å². The molecule has 0 fully saturated rings. The Morgan fingerprint density at radius 3 is 2.92 bits per heavy atom. The van der Waals surface area contributed by atoms with Gasteiger partial charge in [0.15, 0.2) is 0 Å². The molecule has 0 saturated heterocycles. The smallest absolute Gasteiger partial charge is 0.00881 e. The lowest BCUT2D eigenvalue weighted by molar-refractivity contribution is 1.10. The number of rotatable bonds is 1. The van der Waals surface area contributed by atoms with E-state index in [9.17, 15) is 0 Å². The minimum Gasteiger partial charge on any atom is -0.0795 e. The fourth-order valence-corrected chi connectivity index (χ4v) is 1.93. The van der Waals surface area contributed by atoms with Gasteiger partial charge in [0.2, 0.25) is 0 Å². The van der Waals surface area contributed by atoms with Crippen LogP contribution in [0.4, 0.5) is 0 Å². The Bertz CT molecular complexity index is 332. The summed E-state index contributed by atoms with van der Waals surface area (Å²) < 4.78 is 0. The van der Waals surface area contributed by atoms with Gasteiger partial charge in [0.25, 0.3) is 0 Å². The molecule has 1 aromatic rings. The zero-order chi connectivity index (χ0) is 8.55. The molecule has 0 nitrogen and oxygen atoms in total. The molecule has 1 aliphatic carbocycles. The second-order valence-corrected chi connectivity index (χ2v) is 3.38. The standard InChI is InChI=1S/C12H14/c1-3-10-7-8-11-5-4-6-12(11)9(10)2/h4,6-8H,3,5H2,1-2H3. The van der Waals surface area contributed by atoms with Gasteiger partial charge in [0.1, 0.15) is 0 Å². The molecule has 0 N–H and O–H groups in total. The fourth-order valence-electron chi connectivity index (χ4n) is 1.93. The van der Waals surface area contributed by atoms with E-state index in [0.717, 1.165) is 12.8 Å². The van der Waals surface area contributed by atoms with Gasteiger partial charge in [-0.1, -0.05) is 31.2 Å². The van der Waals surface area contributed by atoms with Gasteiger partial charge in [-0.05, 0) is 42.0 Å². The van der Waals surface area contributed by atoms with Crippen molar-refractivity contribution in [2.75, 3.05) is 0 Å². The van der Waals surface area contributed by atoms with Gasteiger partial charge < -0.3 is 0 Å². The average molecular weight is 158 g/mol. The van der Waals surface area contributed by atoms with Crippen LogP contribution in [0, 0.1) is 6.92 Å². The monoisotopic (exact) mass is 158 g/mol. The maximum Gasteiger partial charge on any atom is -0.00881 e. The molecular formula is C12H14. The summed E-state index contributed by atoms with van der Waals surface area (Å²) in [5.74, 6) is 0.